The number of anilines is 1. The molecule has 138 valence electrons. The molecule has 1 N–H and O–H groups in total. The number of carbonyl (C=O) groups excluding carboxylic acids is 1. The number of carbonyl (C=O) groups is 1. The first-order valence-electron chi connectivity index (χ1n) is 8.77. The standard InChI is InChI=1S/C22H17N3O3/c26-21(14-25-15-23-18-11-5-4-10-17(18)22(25)27)24-19-12-6-7-13-20(19)28-16-8-2-1-3-9-16/h1-13,15H,14H2,(H,24,26). The molecule has 28 heavy (non-hydrogen) atoms. The van der Waals surface area contributed by atoms with Gasteiger partial charge in [0, 0.05) is 0 Å². The van der Waals surface area contributed by atoms with E-state index in [0.29, 0.717) is 28.1 Å². The highest BCUT2D eigenvalue weighted by Gasteiger charge is 2.11. The quantitative estimate of drug-likeness (QED) is 0.579. The summed E-state index contributed by atoms with van der Waals surface area (Å²) < 4.78 is 7.14. The molecule has 3 aromatic carbocycles. The van der Waals surface area contributed by atoms with E-state index in [9.17, 15) is 9.59 Å². The van der Waals surface area contributed by atoms with Crippen LogP contribution in [0, 0.1) is 0 Å². The van der Waals surface area contributed by atoms with Crippen molar-refractivity contribution in [2.24, 2.45) is 0 Å². The van der Waals surface area contributed by atoms with Crippen molar-refractivity contribution in [1.29, 1.82) is 0 Å². The molecule has 0 saturated heterocycles. The van der Waals surface area contributed by atoms with Gasteiger partial charge in [-0.3, -0.25) is 14.2 Å². The Bertz CT molecular complexity index is 1190. The third-order valence-electron chi connectivity index (χ3n) is 4.18. The van der Waals surface area contributed by atoms with Gasteiger partial charge in [0.1, 0.15) is 12.3 Å². The lowest BCUT2D eigenvalue weighted by Gasteiger charge is -2.13. The molecule has 1 heterocycles. The number of rotatable bonds is 5. The Morgan fingerprint density at radius 1 is 0.929 bits per heavy atom. The number of fused-ring (bicyclic) bond motifs is 1. The molecule has 1 aromatic heterocycles. The highest BCUT2D eigenvalue weighted by atomic mass is 16.5. The molecule has 4 rings (SSSR count). The van der Waals surface area contributed by atoms with Gasteiger partial charge in [0.15, 0.2) is 5.75 Å². The molecule has 0 saturated carbocycles. The van der Waals surface area contributed by atoms with E-state index in [1.165, 1.54) is 10.9 Å². The Morgan fingerprint density at radius 2 is 1.64 bits per heavy atom. The maximum Gasteiger partial charge on any atom is 0.261 e. The molecule has 0 spiro atoms. The van der Waals surface area contributed by atoms with Crippen molar-refractivity contribution in [2.45, 2.75) is 6.54 Å². The first-order valence-corrected chi connectivity index (χ1v) is 8.77. The molecular formula is C22H17N3O3. The average Bonchev–Trinajstić information content (AvgIpc) is 2.72. The van der Waals surface area contributed by atoms with Gasteiger partial charge < -0.3 is 10.1 Å². The molecule has 0 bridgehead atoms. The minimum absolute atomic E-state index is 0.143. The van der Waals surface area contributed by atoms with Crippen LogP contribution in [0.2, 0.25) is 0 Å². The second-order valence-electron chi connectivity index (χ2n) is 6.15. The summed E-state index contributed by atoms with van der Waals surface area (Å²) >= 11 is 0. The van der Waals surface area contributed by atoms with E-state index in [4.69, 9.17) is 4.74 Å². The van der Waals surface area contributed by atoms with Crippen LogP contribution in [0.1, 0.15) is 0 Å². The van der Waals surface area contributed by atoms with Crippen LogP contribution < -0.4 is 15.6 Å². The van der Waals surface area contributed by atoms with Crippen LogP contribution in [0.4, 0.5) is 5.69 Å². The number of ether oxygens (including phenoxy) is 1. The molecule has 0 atom stereocenters. The summed E-state index contributed by atoms with van der Waals surface area (Å²) in [6.45, 7) is -0.143. The Hall–Kier alpha value is -3.93. The molecule has 1 amide bonds. The highest BCUT2D eigenvalue weighted by Crippen LogP contribution is 2.29. The number of para-hydroxylation sites is 4. The lowest BCUT2D eigenvalue weighted by atomic mass is 10.2. The van der Waals surface area contributed by atoms with Gasteiger partial charge in [0.25, 0.3) is 5.56 Å². The van der Waals surface area contributed by atoms with Crippen LogP contribution in [0.25, 0.3) is 10.9 Å². The molecule has 0 aliphatic rings. The van der Waals surface area contributed by atoms with Gasteiger partial charge in [0.2, 0.25) is 5.91 Å². The van der Waals surface area contributed by atoms with Crippen LogP contribution in [0.5, 0.6) is 11.5 Å². The van der Waals surface area contributed by atoms with Crippen LogP contribution in [0.15, 0.2) is 90.0 Å². The second-order valence-corrected chi connectivity index (χ2v) is 6.15. The molecule has 0 aliphatic heterocycles. The summed E-state index contributed by atoms with van der Waals surface area (Å²) in [5.41, 5.74) is 0.874. The third-order valence-corrected chi connectivity index (χ3v) is 4.18. The van der Waals surface area contributed by atoms with Crippen molar-refractivity contribution in [3.05, 3.63) is 95.5 Å². The Labute approximate surface area is 161 Å². The molecule has 0 unspecified atom stereocenters. The van der Waals surface area contributed by atoms with Gasteiger partial charge in [-0.15, -0.1) is 0 Å². The lowest BCUT2D eigenvalue weighted by Crippen LogP contribution is -2.28. The van der Waals surface area contributed by atoms with Crippen LogP contribution >= 0.6 is 0 Å². The van der Waals surface area contributed by atoms with Crippen LogP contribution in [0.3, 0.4) is 0 Å². The summed E-state index contributed by atoms with van der Waals surface area (Å²) in [6.07, 6.45) is 1.39. The zero-order valence-corrected chi connectivity index (χ0v) is 14.9. The Morgan fingerprint density at radius 3 is 2.50 bits per heavy atom. The first kappa shape index (κ1) is 17.5. The monoisotopic (exact) mass is 371 g/mol. The molecule has 0 fully saturated rings. The van der Waals surface area contributed by atoms with E-state index < -0.39 is 0 Å². The maximum atomic E-state index is 12.5. The summed E-state index contributed by atoms with van der Waals surface area (Å²) in [5.74, 6) is 0.841. The minimum atomic E-state index is -0.344. The zero-order valence-electron chi connectivity index (χ0n) is 14.9. The van der Waals surface area contributed by atoms with Gasteiger partial charge in [0.05, 0.1) is 22.9 Å². The van der Waals surface area contributed by atoms with Crippen molar-refractivity contribution >= 4 is 22.5 Å². The van der Waals surface area contributed by atoms with E-state index in [0.717, 1.165) is 0 Å². The fraction of sp³-hybridized carbons (Fsp3) is 0.0455. The SMILES string of the molecule is O=C(Cn1cnc2ccccc2c1=O)Nc1ccccc1Oc1ccccc1. The van der Waals surface area contributed by atoms with Crippen molar-refractivity contribution in [1.82, 2.24) is 9.55 Å². The normalized spacial score (nSPS) is 10.6. The van der Waals surface area contributed by atoms with Crippen LogP contribution in [-0.2, 0) is 11.3 Å². The van der Waals surface area contributed by atoms with Gasteiger partial charge >= 0.3 is 0 Å². The largest absolute Gasteiger partial charge is 0.455 e. The van der Waals surface area contributed by atoms with Gasteiger partial charge in [-0.25, -0.2) is 4.98 Å². The second kappa shape index (κ2) is 7.75. The van der Waals surface area contributed by atoms with Gasteiger partial charge in [-0.05, 0) is 36.4 Å². The van der Waals surface area contributed by atoms with Crippen molar-refractivity contribution < 1.29 is 9.53 Å². The predicted octanol–water partition coefficient (Wildman–Crippen LogP) is 3.83. The Balaban J connectivity index is 1.53. The fourth-order valence-corrected chi connectivity index (χ4v) is 2.84. The predicted molar refractivity (Wildman–Crippen MR) is 108 cm³/mol. The first-order chi connectivity index (χ1) is 13.7. The van der Waals surface area contributed by atoms with E-state index in [1.54, 1.807) is 36.4 Å². The lowest BCUT2D eigenvalue weighted by molar-refractivity contribution is -0.116. The van der Waals surface area contributed by atoms with E-state index in [2.05, 4.69) is 10.3 Å². The number of nitrogens with zero attached hydrogens (tertiary/aromatic N) is 2. The van der Waals surface area contributed by atoms with Crippen molar-refractivity contribution in [2.75, 3.05) is 5.32 Å². The number of benzene rings is 3. The summed E-state index contributed by atoms with van der Waals surface area (Å²) in [7, 11) is 0. The average molecular weight is 371 g/mol. The number of hydrogen-bond acceptors (Lipinski definition) is 4. The maximum absolute atomic E-state index is 12.5. The summed E-state index contributed by atoms with van der Waals surface area (Å²) in [5, 5.41) is 3.28. The fourth-order valence-electron chi connectivity index (χ4n) is 2.84. The molecule has 6 nitrogen and oxygen atoms in total. The van der Waals surface area contributed by atoms with Crippen molar-refractivity contribution in [3.8, 4) is 11.5 Å². The Kier molecular flexibility index (Phi) is 4.84. The number of aromatic nitrogens is 2. The number of hydrogen-bond donors (Lipinski definition) is 1. The van der Waals surface area contributed by atoms with E-state index in [-0.39, 0.29) is 18.0 Å². The summed E-state index contributed by atoms with van der Waals surface area (Å²) in [6, 6.07) is 23.5. The molecule has 0 aliphatic carbocycles. The molecule has 0 radical (unpaired) electrons. The van der Waals surface area contributed by atoms with E-state index >= 15 is 0 Å². The number of amides is 1. The number of nitrogens with one attached hydrogen (secondary N) is 1. The molecule has 4 aromatic rings. The minimum Gasteiger partial charge on any atom is -0.455 e. The zero-order chi connectivity index (χ0) is 19.3. The topological polar surface area (TPSA) is 73.2 Å². The van der Waals surface area contributed by atoms with Crippen molar-refractivity contribution in [3.63, 3.8) is 0 Å². The third kappa shape index (κ3) is 3.76. The van der Waals surface area contributed by atoms with Gasteiger partial charge in [-0.1, -0.05) is 42.5 Å². The molecule has 6 heteroatoms. The van der Waals surface area contributed by atoms with Gasteiger partial charge in [-0.2, -0.15) is 0 Å². The van der Waals surface area contributed by atoms with E-state index in [1.807, 2.05) is 42.5 Å². The highest BCUT2D eigenvalue weighted by molar-refractivity contribution is 5.92. The molecular weight excluding hydrogens is 354 g/mol. The summed E-state index contributed by atoms with van der Waals surface area (Å²) in [4.78, 5) is 29.3. The smallest absolute Gasteiger partial charge is 0.261 e. The van der Waals surface area contributed by atoms with Crippen LogP contribution in [-0.4, -0.2) is 15.5 Å².